The summed E-state index contributed by atoms with van der Waals surface area (Å²) < 4.78 is 42.6. The van der Waals surface area contributed by atoms with Gasteiger partial charge < -0.3 is 43.0 Å². The average Bonchev–Trinajstić information content (AvgIpc) is 2.85. The summed E-state index contributed by atoms with van der Waals surface area (Å²) in [5.74, 6) is -0.629. The van der Waals surface area contributed by atoms with Gasteiger partial charge in [-0.15, -0.1) is 0 Å². The number of methoxy groups -OCH3 is 2. The molecular formula is C26H44O11. The van der Waals surface area contributed by atoms with Crippen molar-refractivity contribution in [1.29, 1.82) is 0 Å². The molecule has 2 atom stereocenters. The summed E-state index contributed by atoms with van der Waals surface area (Å²) in [5.41, 5.74) is -2.79. The number of aliphatic hydroxyl groups is 1. The van der Waals surface area contributed by atoms with Crippen LogP contribution in [-0.4, -0.2) is 116 Å². The van der Waals surface area contributed by atoms with Crippen LogP contribution >= 0.6 is 0 Å². The highest BCUT2D eigenvalue weighted by Crippen LogP contribution is 2.67. The van der Waals surface area contributed by atoms with E-state index in [1.807, 2.05) is 0 Å². The van der Waals surface area contributed by atoms with Crippen molar-refractivity contribution in [2.75, 3.05) is 93.5 Å². The molecule has 0 radical (unpaired) electrons. The molecule has 2 unspecified atom stereocenters. The van der Waals surface area contributed by atoms with Gasteiger partial charge in [-0.3, -0.25) is 9.59 Å². The van der Waals surface area contributed by atoms with Gasteiger partial charge in [0.05, 0.1) is 82.5 Å². The summed E-state index contributed by atoms with van der Waals surface area (Å²) >= 11 is 0. The third-order valence-corrected chi connectivity index (χ3v) is 7.43. The van der Waals surface area contributed by atoms with E-state index in [1.165, 1.54) is 0 Å². The minimum absolute atomic E-state index is 0.0855. The molecule has 0 saturated heterocycles. The Bertz CT molecular complexity index is 665. The maximum Gasteiger partial charge on any atom is 0.312 e. The first kappa shape index (κ1) is 30.2. The first-order valence-corrected chi connectivity index (χ1v) is 13.2. The molecule has 214 valence electrons. The maximum absolute atomic E-state index is 13.2. The fourth-order valence-electron chi connectivity index (χ4n) is 6.46. The Morgan fingerprint density at radius 2 is 0.973 bits per heavy atom. The summed E-state index contributed by atoms with van der Waals surface area (Å²) in [6, 6.07) is 0. The lowest BCUT2D eigenvalue weighted by Gasteiger charge is -2.62. The van der Waals surface area contributed by atoms with Crippen LogP contribution in [0.2, 0.25) is 0 Å². The lowest BCUT2D eigenvalue weighted by molar-refractivity contribution is -0.225. The highest BCUT2D eigenvalue weighted by Gasteiger charge is 2.68. The van der Waals surface area contributed by atoms with Gasteiger partial charge in [0.1, 0.15) is 13.2 Å². The van der Waals surface area contributed by atoms with E-state index in [2.05, 4.69) is 0 Å². The minimum atomic E-state index is -1.05. The molecule has 4 fully saturated rings. The van der Waals surface area contributed by atoms with Crippen LogP contribution in [0.25, 0.3) is 0 Å². The molecule has 0 aliphatic heterocycles. The molecule has 37 heavy (non-hydrogen) atoms. The van der Waals surface area contributed by atoms with Gasteiger partial charge in [0.15, 0.2) is 0 Å². The summed E-state index contributed by atoms with van der Waals surface area (Å²) in [4.78, 5) is 26.4. The topological polar surface area (TPSA) is 128 Å². The zero-order valence-electron chi connectivity index (χ0n) is 22.3. The molecule has 0 aromatic rings. The van der Waals surface area contributed by atoms with Crippen molar-refractivity contribution < 1.29 is 52.6 Å². The largest absolute Gasteiger partial charge is 0.463 e. The molecule has 0 amide bonds. The highest BCUT2D eigenvalue weighted by atomic mass is 16.6. The van der Waals surface area contributed by atoms with Gasteiger partial charge in [-0.25, -0.2) is 0 Å². The average molecular weight is 533 g/mol. The first-order chi connectivity index (χ1) is 17.9. The molecule has 4 aliphatic rings. The van der Waals surface area contributed by atoms with E-state index in [0.29, 0.717) is 91.4 Å². The first-order valence-electron chi connectivity index (χ1n) is 13.2. The summed E-state index contributed by atoms with van der Waals surface area (Å²) in [6.07, 6.45) is 2.86. The number of esters is 2. The Labute approximate surface area is 219 Å². The fraction of sp³-hybridized carbons (Fsp3) is 0.923. The molecule has 1 N–H and O–H groups in total. The van der Waals surface area contributed by atoms with Gasteiger partial charge in [0, 0.05) is 14.2 Å². The van der Waals surface area contributed by atoms with E-state index < -0.39 is 16.4 Å². The van der Waals surface area contributed by atoms with Crippen LogP contribution in [0.15, 0.2) is 0 Å². The van der Waals surface area contributed by atoms with Gasteiger partial charge in [-0.1, -0.05) is 0 Å². The molecule has 4 aliphatic carbocycles. The zero-order chi connectivity index (χ0) is 26.6. The molecule has 0 spiro atoms. The second-order valence-electron chi connectivity index (χ2n) is 10.5. The Kier molecular flexibility index (Phi) is 12.0. The van der Waals surface area contributed by atoms with E-state index >= 15 is 0 Å². The third kappa shape index (κ3) is 8.58. The molecule has 4 rings (SSSR count). The molecule has 4 saturated carbocycles. The smallest absolute Gasteiger partial charge is 0.312 e. The fourth-order valence-corrected chi connectivity index (χ4v) is 6.46. The quantitative estimate of drug-likeness (QED) is 0.179. The van der Waals surface area contributed by atoms with Crippen molar-refractivity contribution in [2.24, 2.45) is 16.7 Å². The van der Waals surface area contributed by atoms with Crippen LogP contribution in [0.3, 0.4) is 0 Å². The van der Waals surface area contributed by atoms with Crippen molar-refractivity contribution in [1.82, 2.24) is 0 Å². The van der Waals surface area contributed by atoms with E-state index in [9.17, 15) is 14.7 Å². The second kappa shape index (κ2) is 14.7. The van der Waals surface area contributed by atoms with E-state index in [-0.39, 0.29) is 44.3 Å². The third-order valence-electron chi connectivity index (χ3n) is 7.43. The standard InChI is InChI=1S/C26H44O11/c1-30-3-5-32-7-9-34-11-13-36-22(27)24-15-21-16-25(18-24,20-26(29,17-21)19-24)23(28)37-14-12-35-10-8-33-6-4-31-2/h21,29H,3-20H2,1-2H3. The Morgan fingerprint density at radius 1 is 0.595 bits per heavy atom. The van der Waals surface area contributed by atoms with Crippen molar-refractivity contribution in [2.45, 2.75) is 44.1 Å². The van der Waals surface area contributed by atoms with E-state index in [0.717, 1.165) is 0 Å². The van der Waals surface area contributed by atoms with Gasteiger partial charge in [-0.05, 0) is 44.4 Å². The highest BCUT2D eigenvalue weighted by molar-refractivity contribution is 5.83. The van der Waals surface area contributed by atoms with Gasteiger partial charge >= 0.3 is 11.9 Å². The van der Waals surface area contributed by atoms with Crippen molar-refractivity contribution in [3.8, 4) is 0 Å². The molecule has 0 heterocycles. The number of ether oxygens (including phenoxy) is 8. The number of rotatable bonds is 20. The Morgan fingerprint density at radius 3 is 1.35 bits per heavy atom. The maximum atomic E-state index is 13.2. The zero-order valence-corrected chi connectivity index (χ0v) is 22.3. The van der Waals surface area contributed by atoms with E-state index in [1.54, 1.807) is 14.2 Å². The van der Waals surface area contributed by atoms with Crippen molar-refractivity contribution >= 4 is 11.9 Å². The Balaban J connectivity index is 1.42. The lowest BCUT2D eigenvalue weighted by atomic mass is 9.42. The number of carbonyl (C=O) groups excluding carboxylic acids is 2. The molecule has 11 heteroatoms. The van der Waals surface area contributed by atoms with Gasteiger partial charge in [0.25, 0.3) is 0 Å². The van der Waals surface area contributed by atoms with Crippen LogP contribution in [0.1, 0.15) is 38.5 Å². The summed E-state index contributed by atoms with van der Waals surface area (Å²) in [6.45, 7) is 4.48. The minimum Gasteiger partial charge on any atom is -0.463 e. The molecule has 11 nitrogen and oxygen atoms in total. The lowest BCUT2D eigenvalue weighted by Crippen LogP contribution is -2.64. The summed E-state index contributed by atoms with van der Waals surface area (Å²) in [5, 5.41) is 11.3. The van der Waals surface area contributed by atoms with Crippen molar-refractivity contribution in [3.63, 3.8) is 0 Å². The molecule has 4 bridgehead atoms. The van der Waals surface area contributed by atoms with Crippen LogP contribution in [-0.2, 0) is 47.5 Å². The number of carbonyl (C=O) groups is 2. The van der Waals surface area contributed by atoms with Gasteiger partial charge in [-0.2, -0.15) is 0 Å². The van der Waals surface area contributed by atoms with E-state index in [4.69, 9.17) is 37.9 Å². The van der Waals surface area contributed by atoms with Crippen LogP contribution in [0, 0.1) is 16.7 Å². The molecular weight excluding hydrogens is 488 g/mol. The molecule has 0 aromatic carbocycles. The SMILES string of the molecule is COCCOCCOCCOC(=O)C12CC3CC(O)(C1)CC(C(=O)OCCOCCOCCOC)(C3)C2. The van der Waals surface area contributed by atoms with Crippen LogP contribution < -0.4 is 0 Å². The Hall–Kier alpha value is -1.34. The van der Waals surface area contributed by atoms with Crippen LogP contribution in [0.4, 0.5) is 0 Å². The van der Waals surface area contributed by atoms with Crippen LogP contribution in [0.5, 0.6) is 0 Å². The molecule has 0 aromatic heterocycles. The predicted octanol–water partition coefficient (Wildman–Crippen LogP) is 1.13. The summed E-state index contributed by atoms with van der Waals surface area (Å²) in [7, 11) is 3.23. The predicted molar refractivity (Wildman–Crippen MR) is 130 cm³/mol. The number of hydrogen-bond donors (Lipinski definition) is 1. The van der Waals surface area contributed by atoms with Crippen molar-refractivity contribution in [3.05, 3.63) is 0 Å². The number of hydrogen-bond acceptors (Lipinski definition) is 11. The monoisotopic (exact) mass is 532 g/mol. The van der Waals surface area contributed by atoms with Gasteiger partial charge in [0.2, 0.25) is 0 Å². The second-order valence-corrected chi connectivity index (χ2v) is 10.5. The normalized spacial score (nSPS) is 30.0.